The average molecular weight is 461 g/mol. The normalized spacial score (nSPS) is 17.6. The molecule has 1 saturated heterocycles. The Morgan fingerprint density at radius 2 is 2.00 bits per heavy atom. The number of piperazine rings is 1. The van der Waals surface area contributed by atoms with Crippen molar-refractivity contribution in [2.75, 3.05) is 37.6 Å². The van der Waals surface area contributed by atoms with Gasteiger partial charge >= 0.3 is 0 Å². The van der Waals surface area contributed by atoms with Crippen LogP contribution in [0.2, 0.25) is 0 Å². The largest absolute Gasteiger partial charge is 0.488 e. The first kappa shape index (κ1) is 22.5. The van der Waals surface area contributed by atoms with E-state index in [1.165, 1.54) is 11.3 Å². The van der Waals surface area contributed by atoms with E-state index < -0.39 is 0 Å². The molecule has 2 aliphatic rings. The second-order valence-electron chi connectivity index (χ2n) is 9.42. The number of carbonyl (C=O) groups excluding carboxylic acids is 1. The molecule has 1 fully saturated rings. The van der Waals surface area contributed by atoms with Crippen LogP contribution in [0.4, 0.5) is 5.69 Å². The molecule has 0 spiro atoms. The maximum Gasteiger partial charge on any atom is 0.273 e. The van der Waals surface area contributed by atoms with Gasteiger partial charge < -0.3 is 19.5 Å². The number of ether oxygens (including phenoxy) is 1. The van der Waals surface area contributed by atoms with Crippen LogP contribution in [-0.2, 0) is 6.61 Å². The zero-order valence-corrected chi connectivity index (χ0v) is 20.1. The summed E-state index contributed by atoms with van der Waals surface area (Å²) in [5, 5.41) is 7.07. The first-order valence-corrected chi connectivity index (χ1v) is 12.1. The fraction of sp³-hybridized carbons (Fsp3) is 0.407. The quantitative estimate of drug-likeness (QED) is 0.557. The zero-order valence-electron chi connectivity index (χ0n) is 20.1. The first-order valence-electron chi connectivity index (χ1n) is 12.1. The number of fused-ring (bicyclic) bond motifs is 3. The van der Waals surface area contributed by atoms with Crippen LogP contribution in [0, 0.1) is 13.8 Å². The highest BCUT2D eigenvalue weighted by molar-refractivity contribution is 5.95. The summed E-state index contributed by atoms with van der Waals surface area (Å²) < 4.78 is 11.4. The van der Waals surface area contributed by atoms with Crippen molar-refractivity contribution in [3.05, 3.63) is 64.8 Å². The molecule has 34 heavy (non-hydrogen) atoms. The van der Waals surface area contributed by atoms with E-state index in [1.54, 1.807) is 0 Å². The predicted molar refractivity (Wildman–Crippen MR) is 132 cm³/mol. The second kappa shape index (κ2) is 9.50. The monoisotopic (exact) mass is 460 g/mol. The Labute approximate surface area is 200 Å². The van der Waals surface area contributed by atoms with Gasteiger partial charge in [-0.1, -0.05) is 28.9 Å². The van der Waals surface area contributed by atoms with Gasteiger partial charge in [-0.2, -0.15) is 0 Å². The third kappa shape index (κ3) is 4.53. The molecular weight excluding hydrogens is 428 g/mol. The molecule has 1 N–H and O–H groups in total. The van der Waals surface area contributed by atoms with Gasteiger partial charge in [-0.05, 0) is 63.6 Å². The third-order valence-electron chi connectivity index (χ3n) is 6.74. The molecule has 0 aliphatic carbocycles. The molecule has 7 heteroatoms. The van der Waals surface area contributed by atoms with E-state index in [-0.39, 0.29) is 5.91 Å². The topological polar surface area (TPSA) is 70.8 Å². The molecule has 1 atom stereocenters. The highest BCUT2D eigenvalue weighted by Crippen LogP contribution is 2.39. The lowest BCUT2D eigenvalue weighted by Crippen LogP contribution is -2.52. The van der Waals surface area contributed by atoms with E-state index in [4.69, 9.17) is 9.26 Å². The van der Waals surface area contributed by atoms with Crippen LogP contribution < -0.4 is 15.0 Å². The molecule has 1 aromatic heterocycles. The van der Waals surface area contributed by atoms with Gasteiger partial charge in [0.05, 0.1) is 11.1 Å². The van der Waals surface area contributed by atoms with Gasteiger partial charge in [-0.3, -0.25) is 9.69 Å². The standard InChI is InChI=1S/C27H32N4O3/c1-18-6-4-7-21(14-18)31-13-12-30(16-20(31)3)11-5-10-28-27(32)25-23-17-33-24-9-8-19(2)15-22(24)26(23)34-29-25/h4,6-9,14-15,20H,5,10-13,16-17H2,1-3H3,(H,28,32)/t20-/m0/s1. The van der Waals surface area contributed by atoms with E-state index in [1.807, 2.05) is 25.1 Å². The molecule has 0 unspecified atom stereocenters. The molecule has 0 bridgehead atoms. The maximum absolute atomic E-state index is 12.8. The van der Waals surface area contributed by atoms with Crippen LogP contribution in [0.15, 0.2) is 47.0 Å². The number of aromatic nitrogens is 1. The Morgan fingerprint density at radius 1 is 1.15 bits per heavy atom. The number of hydrogen-bond acceptors (Lipinski definition) is 6. The van der Waals surface area contributed by atoms with Crippen LogP contribution in [-0.4, -0.2) is 54.7 Å². The number of amides is 1. The van der Waals surface area contributed by atoms with E-state index in [2.05, 4.69) is 58.4 Å². The summed E-state index contributed by atoms with van der Waals surface area (Å²) in [7, 11) is 0. The molecule has 1 amide bonds. The molecule has 3 aromatic rings. The Balaban J connectivity index is 1.11. The van der Waals surface area contributed by atoms with Crippen molar-refractivity contribution in [3.8, 4) is 17.1 Å². The molecule has 2 aromatic carbocycles. The highest BCUT2D eigenvalue weighted by atomic mass is 16.5. The SMILES string of the molecule is Cc1cccc(N2CCN(CCCNC(=O)c3noc4c3COc3ccc(C)cc3-4)C[C@@H]2C)c1. The number of nitrogens with one attached hydrogen (secondary N) is 1. The zero-order chi connectivity index (χ0) is 23.7. The molecule has 5 rings (SSSR count). The van der Waals surface area contributed by atoms with Gasteiger partial charge in [0.25, 0.3) is 5.91 Å². The number of hydrogen-bond donors (Lipinski definition) is 1. The molecule has 3 heterocycles. The summed E-state index contributed by atoms with van der Waals surface area (Å²) in [4.78, 5) is 17.7. The van der Waals surface area contributed by atoms with Gasteiger partial charge in [-0.25, -0.2) is 0 Å². The van der Waals surface area contributed by atoms with E-state index in [0.717, 1.165) is 55.0 Å². The van der Waals surface area contributed by atoms with Crippen molar-refractivity contribution in [1.82, 2.24) is 15.4 Å². The fourth-order valence-corrected chi connectivity index (χ4v) is 4.94. The van der Waals surface area contributed by atoms with Gasteiger partial charge in [-0.15, -0.1) is 0 Å². The van der Waals surface area contributed by atoms with Crippen molar-refractivity contribution < 1.29 is 14.1 Å². The summed E-state index contributed by atoms with van der Waals surface area (Å²) in [5.74, 6) is 1.19. The van der Waals surface area contributed by atoms with Crippen LogP contribution in [0.3, 0.4) is 0 Å². The summed E-state index contributed by atoms with van der Waals surface area (Å²) >= 11 is 0. The van der Waals surface area contributed by atoms with Gasteiger partial charge in [0.15, 0.2) is 11.5 Å². The fourth-order valence-electron chi connectivity index (χ4n) is 4.94. The highest BCUT2D eigenvalue weighted by Gasteiger charge is 2.29. The Hall–Kier alpha value is -3.32. The number of carbonyl (C=O) groups is 1. The van der Waals surface area contributed by atoms with Crippen molar-refractivity contribution in [2.24, 2.45) is 0 Å². The van der Waals surface area contributed by atoms with Crippen molar-refractivity contribution in [1.29, 1.82) is 0 Å². The minimum absolute atomic E-state index is 0.206. The van der Waals surface area contributed by atoms with Gasteiger partial charge in [0.1, 0.15) is 12.4 Å². The molecule has 178 valence electrons. The van der Waals surface area contributed by atoms with Gasteiger partial charge in [0.2, 0.25) is 0 Å². The van der Waals surface area contributed by atoms with Crippen LogP contribution in [0.25, 0.3) is 11.3 Å². The summed E-state index contributed by atoms with van der Waals surface area (Å²) in [5.41, 5.74) is 5.59. The molecular formula is C27H32N4O3. The van der Waals surface area contributed by atoms with Crippen molar-refractivity contribution >= 4 is 11.6 Å². The van der Waals surface area contributed by atoms with E-state index in [0.29, 0.717) is 30.6 Å². The van der Waals surface area contributed by atoms with Gasteiger partial charge in [0, 0.05) is 37.9 Å². The number of aryl methyl sites for hydroxylation is 2. The third-order valence-corrected chi connectivity index (χ3v) is 6.74. The average Bonchev–Trinajstić information content (AvgIpc) is 3.26. The smallest absolute Gasteiger partial charge is 0.273 e. The van der Waals surface area contributed by atoms with Crippen LogP contribution >= 0.6 is 0 Å². The maximum atomic E-state index is 12.8. The Morgan fingerprint density at radius 3 is 2.82 bits per heavy atom. The Bertz CT molecular complexity index is 1190. The minimum Gasteiger partial charge on any atom is -0.488 e. The summed E-state index contributed by atoms with van der Waals surface area (Å²) in [6.07, 6.45) is 0.890. The summed E-state index contributed by atoms with van der Waals surface area (Å²) in [6.45, 7) is 11.4. The second-order valence-corrected chi connectivity index (χ2v) is 9.42. The number of anilines is 1. The van der Waals surface area contributed by atoms with Crippen molar-refractivity contribution in [3.63, 3.8) is 0 Å². The lowest BCUT2D eigenvalue weighted by atomic mass is 10.0. The molecule has 0 saturated carbocycles. The predicted octanol–water partition coefficient (Wildman–Crippen LogP) is 4.18. The van der Waals surface area contributed by atoms with Crippen LogP contribution in [0.5, 0.6) is 5.75 Å². The Kier molecular flexibility index (Phi) is 6.28. The van der Waals surface area contributed by atoms with Crippen molar-refractivity contribution in [2.45, 2.75) is 39.8 Å². The molecule has 2 aliphatic heterocycles. The lowest BCUT2D eigenvalue weighted by molar-refractivity contribution is 0.0940. The molecule has 7 nitrogen and oxygen atoms in total. The number of nitrogens with zero attached hydrogens (tertiary/aromatic N) is 3. The van der Waals surface area contributed by atoms with E-state index >= 15 is 0 Å². The number of benzene rings is 2. The first-order chi connectivity index (χ1) is 16.5. The lowest BCUT2D eigenvalue weighted by Gasteiger charge is -2.41. The summed E-state index contributed by atoms with van der Waals surface area (Å²) in [6, 6.07) is 15.1. The minimum atomic E-state index is -0.206. The molecule has 0 radical (unpaired) electrons. The number of rotatable bonds is 6. The van der Waals surface area contributed by atoms with E-state index in [9.17, 15) is 4.79 Å². The van der Waals surface area contributed by atoms with Crippen LogP contribution in [0.1, 0.15) is 40.5 Å².